The van der Waals surface area contributed by atoms with Gasteiger partial charge in [0.2, 0.25) is 0 Å². The van der Waals surface area contributed by atoms with Gasteiger partial charge in [-0.05, 0) is 6.92 Å². The summed E-state index contributed by atoms with van der Waals surface area (Å²) in [4.78, 5) is 22.4. The summed E-state index contributed by atoms with van der Waals surface area (Å²) in [5, 5.41) is 0. The molecule has 1 saturated heterocycles. The predicted molar refractivity (Wildman–Crippen MR) is 59.1 cm³/mol. The lowest BCUT2D eigenvalue weighted by atomic mass is 9.93. The van der Waals surface area contributed by atoms with Crippen molar-refractivity contribution < 1.29 is 33.3 Å². The highest BCUT2D eigenvalue weighted by Gasteiger charge is 2.41. The average Bonchev–Trinajstić information content (AvgIpc) is 2.37. The molecule has 0 atom stereocenters. The second kappa shape index (κ2) is 7.17. The van der Waals surface area contributed by atoms with Gasteiger partial charge in [-0.3, -0.25) is 4.79 Å². The van der Waals surface area contributed by atoms with Crippen molar-refractivity contribution in [2.45, 2.75) is 6.92 Å². The van der Waals surface area contributed by atoms with Crippen LogP contribution in [-0.4, -0.2) is 58.9 Å². The molecule has 0 spiro atoms. The summed E-state index contributed by atoms with van der Waals surface area (Å²) in [7, 11) is 1.58. The van der Waals surface area contributed by atoms with Gasteiger partial charge in [0.25, 0.3) is 0 Å². The molecule has 1 aliphatic heterocycles. The van der Waals surface area contributed by atoms with Crippen LogP contribution in [0.25, 0.3) is 0 Å². The molecule has 0 unspecified atom stereocenters. The molecule has 0 aromatic rings. The molecule has 0 N–H and O–H groups in total. The van der Waals surface area contributed by atoms with E-state index >= 15 is 0 Å². The Morgan fingerprint density at radius 1 is 1.22 bits per heavy atom. The van der Waals surface area contributed by atoms with Crippen LogP contribution in [0.4, 0.5) is 4.79 Å². The number of esters is 1. The molecule has 1 heterocycles. The molecule has 7 heteroatoms. The Morgan fingerprint density at radius 2 is 1.83 bits per heavy atom. The minimum absolute atomic E-state index is 0.0325. The molecule has 0 saturated carbocycles. The molecule has 1 rings (SSSR count). The van der Waals surface area contributed by atoms with Crippen LogP contribution in [0.3, 0.4) is 0 Å². The number of hydrogen-bond acceptors (Lipinski definition) is 7. The first kappa shape index (κ1) is 14.7. The molecule has 104 valence electrons. The lowest BCUT2D eigenvalue weighted by Gasteiger charge is -2.29. The quantitative estimate of drug-likeness (QED) is 0.484. The van der Waals surface area contributed by atoms with Gasteiger partial charge in [-0.15, -0.1) is 0 Å². The highest BCUT2D eigenvalue weighted by atomic mass is 16.7. The van der Waals surface area contributed by atoms with E-state index in [-0.39, 0.29) is 19.8 Å². The summed E-state index contributed by atoms with van der Waals surface area (Å²) in [6, 6.07) is 0. The Balaban J connectivity index is 2.17. The van der Waals surface area contributed by atoms with E-state index in [2.05, 4.69) is 9.47 Å². The van der Waals surface area contributed by atoms with Crippen molar-refractivity contribution in [1.82, 2.24) is 0 Å². The topological polar surface area (TPSA) is 80.3 Å². The zero-order valence-electron chi connectivity index (χ0n) is 10.6. The molecule has 7 nitrogen and oxygen atoms in total. The van der Waals surface area contributed by atoms with E-state index in [4.69, 9.17) is 14.2 Å². The highest BCUT2D eigenvalue weighted by molar-refractivity contribution is 5.78. The minimum Gasteiger partial charge on any atom is -0.463 e. The molecule has 0 radical (unpaired) electrons. The number of ether oxygens (including phenoxy) is 5. The van der Waals surface area contributed by atoms with Gasteiger partial charge in [0.1, 0.15) is 25.2 Å². The number of carbonyl (C=O) groups is 2. The van der Waals surface area contributed by atoms with E-state index in [9.17, 15) is 9.59 Å². The fraction of sp³-hybridized carbons (Fsp3) is 0.818. The van der Waals surface area contributed by atoms with Crippen LogP contribution in [0.2, 0.25) is 0 Å². The van der Waals surface area contributed by atoms with E-state index in [0.717, 1.165) is 0 Å². The molecule has 1 aliphatic rings. The zero-order valence-corrected chi connectivity index (χ0v) is 10.6. The average molecular weight is 262 g/mol. The fourth-order valence-electron chi connectivity index (χ4n) is 1.25. The summed E-state index contributed by atoms with van der Waals surface area (Å²) < 4.78 is 24.3. The maximum Gasteiger partial charge on any atom is 0.508 e. The van der Waals surface area contributed by atoms with E-state index in [1.807, 2.05) is 0 Å². The highest BCUT2D eigenvalue weighted by Crippen LogP contribution is 2.23. The first-order valence-electron chi connectivity index (χ1n) is 5.62. The Bertz CT molecular complexity index is 279. The standard InChI is InChI=1S/C11H18O7/c1-11(7-17-10(13)18-8-11)9(12)16-6-5-15-4-3-14-2/h3-8H2,1-2H3. The summed E-state index contributed by atoms with van der Waals surface area (Å²) in [6.07, 6.45) is -0.761. The van der Waals surface area contributed by atoms with E-state index in [1.54, 1.807) is 14.0 Å². The van der Waals surface area contributed by atoms with Crippen molar-refractivity contribution in [2.24, 2.45) is 5.41 Å². The molecule has 0 bridgehead atoms. The first-order valence-corrected chi connectivity index (χ1v) is 5.62. The van der Waals surface area contributed by atoms with Crippen LogP contribution in [0.15, 0.2) is 0 Å². The number of rotatable bonds is 7. The van der Waals surface area contributed by atoms with Gasteiger partial charge in [0.05, 0.1) is 19.8 Å². The normalized spacial score (nSPS) is 17.8. The van der Waals surface area contributed by atoms with Crippen LogP contribution in [0.1, 0.15) is 6.92 Å². The first-order chi connectivity index (χ1) is 8.58. The summed E-state index contributed by atoms with van der Waals surface area (Å²) >= 11 is 0. The third-order valence-corrected chi connectivity index (χ3v) is 2.40. The van der Waals surface area contributed by atoms with Gasteiger partial charge in [-0.25, -0.2) is 4.79 Å². The van der Waals surface area contributed by atoms with E-state index in [1.165, 1.54) is 0 Å². The van der Waals surface area contributed by atoms with Crippen molar-refractivity contribution in [1.29, 1.82) is 0 Å². The Labute approximate surface area is 105 Å². The number of hydrogen-bond donors (Lipinski definition) is 0. The Morgan fingerprint density at radius 3 is 2.44 bits per heavy atom. The van der Waals surface area contributed by atoms with Crippen molar-refractivity contribution in [2.75, 3.05) is 46.8 Å². The molecular weight excluding hydrogens is 244 g/mol. The largest absolute Gasteiger partial charge is 0.508 e. The van der Waals surface area contributed by atoms with Gasteiger partial charge in [-0.2, -0.15) is 0 Å². The maximum atomic E-state index is 11.7. The number of carbonyl (C=O) groups excluding carboxylic acids is 2. The van der Waals surface area contributed by atoms with Crippen LogP contribution < -0.4 is 0 Å². The fourth-order valence-corrected chi connectivity index (χ4v) is 1.25. The predicted octanol–water partition coefficient (Wildman–Crippen LogP) is 0.366. The van der Waals surface area contributed by atoms with Crippen molar-refractivity contribution in [3.8, 4) is 0 Å². The molecule has 18 heavy (non-hydrogen) atoms. The van der Waals surface area contributed by atoms with Gasteiger partial charge in [0.15, 0.2) is 0 Å². The minimum atomic E-state index is -0.944. The second-order valence-electron chi connectivity index (χ2n) is 4.13. The van der Waals surface area contributed by atoms with Crippen LogP contribution in [0.5, 0.6) is 0 Å². The Kier molecular flexibility index (Phi) is 5.87. The maximum absolute atomic E-state index is 11.7. The molecule has 1 fully saturated rings. The zero-order chi connectivity index (χ0) is 13.4. The van der Waals surface area contributed by atoms with Gasteiger partial charge in [-0.1, -0.05) is 0 Å². The smallest absolute Gasteiger partial charge is 0.463 e. The van der Waals surface area contributed by atoms with Crippen LogP contribution in [-0.2, 0) is 28.5 Å². The van der Waals surface area contributed by atoms with Crippen LogP contribution >= 0.6 is 0 Å². The molecule has 0 aromatic heterocycles. The van der Waals surface area contributed by atoms with E-state index < -0.39 is 17.5 Å². The van der Waals surface area contributed by atoms with Crippen molar-refractivity contribution >= 4 is 12.1 Å². The summed E-state index contributed by atoms with van der Waals surface area (Å²) in [5.74, 6) is -0.467. The van der Waals surface area contributed by atoms with Gasteiger partial charge in [0, 0.05) is 7.11 Å². The lowest BCUT2D eigenvalue weighted by Crippen LogP contribution is -2.44. The summed E-state index contributed by atoms with van der Waals surface area (Å²) in [6.45, 7) is 2.94. The van der Waals surface area contributed by atoms with E-state index in [0.29, 0.717) is 19.8 Å². The molecule has 0 aliphatic carbocycles. The third-order valence-electron chi connectivity index (χ3n) is 2.40. The van der Waals surface area contributed by atoms with Gasteiger partial charge < -0.3 is 23.7 Å². The SMILES string of the molecule is COCCOCCOC(=O)C1(C)COC(=O)OC1. The van der Waals surface area contributed by atoms with Crippen molar-refractivity contribution in [3.05, 3.63) is 0 Å². The van der Waals surface area contributed by atoms with Crippen LogP contribution in [0, 0.1) is 5.41 Å². The third kappa shape index (κ3) is 4.50. The molecular formula is C11H18O7. The monoisotopic (exact) mass is 262 g/mol. The Hall–Kier alpha value is -1.34. The van der Waals surface area contributed by atoms with Crippen molar-refractivity contribution in [3.63, 3.8) is 0 Å². The second-order valence-corrected chi connectivity index (χ2v) is 4.13. The summed E-state index contributed by atoms with van der Waals surface area (Å²) in [5.41, 5.74) is -0.944. The number of methoxy groups -OCH3 is 1. The van der Waals surface area contributed by atoms with Gasteiger partial charge >= 0.3 is 12.1 Å². The molecule has 0 aromatic carbocycles. The lowest BCUT2D eigenvalue weighted by molar-refractivity contribution is -0.167. The molecule has 0 amide bonds. The number of cyclic esters (lactones) is 2.